The van der Waals surface area contributed by atoms with Crippen LogP contribution in [0.2, 0.25) is 0 Å². The second kappa shape index (κ2) is 9.13. The molecule has 3 rings (SSSR count). The van der Waals surface area contributed by atoms with E-state index in [1.165, 1.54) is 11.8 Å². The Bertz CT molecular complexity index is 953. The number of carbonyl (C=O) groups excluding carboxylic acids is 1. The molecular weight excluding hydrogens is 384 g/mol. The fourth-order valence-corrected chi connectivity index (χ4v) is 4.30. The van der Waals surface area contributed by atoms with Gasteiger partial charge in [-0.1, -0.05) is 42.1 Å². The normalized spacial score (nSPS) is 12.1. The van der Waals surface area contributed by atoms with E-state index in [-0.39, 0.29) is 11.9 Å². The Morgan fingerprint density at radius 3 is 2.24 bits per heavy atom. The lowest BCUT2D eigenvalue weighted by atomic mass is 10.1. The molecule has 1 aromatic heterocycles. The van der Waals surface area contributed by atoms with Gasteiger partial charge < -0.3 is 9.64 Å². The van der Waals surface area contributed by atoms with Gasteiger partial charge in [0.05, 0.1) is 7.11 Å². The number of hydrogen-bond donors (Lipinski definition) is 0. The Kier molecular flexibility index (Phi) is 6.59. The molecule has 0 radical (unpaired) electrons. The minimum absolute atomic E-state index is 0.0190. The topological polar surface area (TPSA) is 60.3 Å². The van der Waals surface area contributed by atoms with E-state index in [0.29, 0.717) is 0 Å². The number of amides is 1. The van der Waals surface area contributed by atoms with Gasteiger partial charge in [0.1, 0.15) is 11.0 Å². The van der Waals surface area contributed by atoms with Crippen molar-refractivity contribution in [2.45, 2.75) is 30.3 Å². The molecule has 0 N–H and O–H groups in total. The maximum Gasteiger partial charge on any atom is 0.240 e. The van der Waals surface area contributed by atoms with Gasteiger partial charge in [-0.25, -0.2) is 0 Å². The highest BCUT2D eigenvalue weighted by molar-refractivity contribution is 8.00. The van der Waals surface area contributed by atoms with Crippen molar-refractivity contribution in [1.82, 2.24) is 19.7 Å². The largest absolute Gasteiger partial charge is 0.497 e. The first-order valence-corrected chi connectivity index (χ1v) is 10.3. The maximum atomic E-state index is 12.9. The fourth-order valence-electron chi connectivity index (χ4n) is 2.99. The van der Waals surface area contributed by atoms with Crippen LogP contribution >= 0.6 is 11.8 Å². The molecule has 1 heterocycles. The number of aromatic nitrogens is 3. The van der Waals surface area contributed by atoms with Gasteiger partial charge in [0.25, 0.3) is 0 Å². The summed E-state index contributed by atoms with van der Waals surface area (Å²) in [5, 5.41) is 9.20. The van der Waals surface area contributed by atoms with E-state index >= 15 is 0 Å². The average Bonchev–Trinajstić information content (AvgIpc) is 3.16. The van der Waals surface area contributed by atoms with Crippen LogP contribution < -0.4 is 4.74 Å². The van der Waals surface area contributed by atoms with Crippen LogP contribution in [-0.2, 0) is 4.79 Å². The lowest BCUT2D eigenvalue weighted by Gasteiger charge is -2.21. The molecule has 0 spiro atoms. The molecule has 152 valence electrons. The Morgan fingerprint density at radius 2 is 1.69 bits per heavy atom. The van der Waals surface area contributed by atoms with Crippen molar-refractivity contribution in [3.8, 4) is 17.1 Å². The van der Waals surface area contributed by atoms with Gasteiger partial charge in [0, 0.05) is 25.7 Å². The molecule has 1 amide bonds. The number of likely N-dealkylation sites (N-methyl/N-ethyl adjacent to an activating group) is 1. The molecule has 0 saturated heterocycles. The lowest BCUT2D eigenvalue weighted by molar-refractivity contribution is -0.128. The lowest BCUT2D eigenvalue weighted by Crippen LogP contribution is -2.27. The predicted molar refractivity (Wildman–Crippen MR) is 116 cm³/mol. The number of ether oxygens (including phenoxy) is 1. The van der Waals surface area contributed by atoms with Crippen LogP contribution in [0.3, 0.4) is 0 Å². The highest BCUT2D eigenvalue weighted by Crippen LogP contribution is 2.38. The SMILES string of the molecule is COc1ccc(-c2nnc(S[C@H](C(=O)N(C)C)c3ccccc3)n2C(C)C)cc1. The number of rotatable bonds is 7. The number of hydrogen-bond acceptors (Lipinski definition) is 5. The number of nitrogens with zero attached hydrogens (tertiary/aromatic N) is 4. The average molecular weight is 411 g/mol. The quantitative estimate of drug-likeness (QED) is 0.538. The van der Waals surface area contributed by atoms with Crippen LogP contribution in [0.4, 0.5) is 0 Å². The smallest absolute Gasteiger partial charge is 0.240 e. The molecule has 7 heteroatoms. The maximum absolute atomic E-state index is 12.9. The van der Waals surface area contributed by atoms with Crippen LogP contribution in [0.15, 0.2) is 59.8 Å². The molecule has 0 aliphatic rings. The third kappa shape index (κ3) is 4.62. The number of methoxy groups -OCH3 is 1. The van der Waals surface area contributed by atoms with Gasteiger partial charge in [-0.15, -0.1) is 10.2 Å². The second-order valence-electron chi connectivity index (χ2n) is 7.14. The molecule has 0 aliphatic carbocycles. The van der Waals surface area contributed by atoms with Crippen LogP contribution in [-0.4, -0.2) is 46.8 Å². The second-order valence-corrected chi connectivity index (χ2v) is 8.21. The Balaban J connectivity index is 2.00. The molecule has 0 unspecified atom stereocenters. The minimum atomic E-state index is -0.392. The summed E-state index contributed by atoms with van der Waals surface area (Å²) in [6.45, 7) is 4.18. The van der Waals surface area contributed by atoms with Crippen molar-refractivity contribution in [3.05, 3.63) is 60.2 Å². The van der Waals surface area contributed by atoms with Crippen LogP contribution in [0.25, 0.3) is 11.4 Å². The molecule has 3 aromatic rings. The number of carbonyl (C=O) groups is 1. The van der Waals surface area contributed by atoms with E-state index < -0.39 is 5.25 Å². The van der Waals surface area contributed by atoms with Crippen molar-refractivity contribution in [1.29, 1.82) is 0 Å². The van der Waals surface area contributed by atoms with Crippen molar-refractivity contribution in [2.75, 3.05) is 21.2 Å². The van der Waals surface area contributed by atoms with Crippen molar-refractivity contribution < 1.29 is 9.53 Å². The zero-order valence-corrected chi connectivity index (χ0v) is 18.2. The summed E-state index contributed by atoms with van der Waals surface area (Å²) in [4.78, 5) is 14.5. The van der Waals surface area contributed by atoms with Gasteiger partial charge in [0.2, 0.25) is 5.91 Å². The third-order valence-corrected chi connectivity index (χ3v) is 5.72. The monoisotopic (exact) mass is 410 g/mol. The Labute approximate surface area is 175 Å². The third-order valence-electron chi connectivity index (χ3n) is 4.52. The standard InChI is InChI=1S/C22H26N4O2S/c1-15(2)26-20(17-11-13-18(28-5)14-12-17)23-24-22(26)29-19(21(27)25(3)4)16-9-7-6-8-10-16/h6-15,19H,1-5H3/t19-/m0/s1. The van der Waals surface area contributed by atoms with E-state index in [4.69, 9.17) is 4.74 Å². The minimum Gasteiger partial charge on any atom is -0.497 e. The van der Waals surface area contributed by atoms with Crippen LogP contribution in [0, 0.1) is 0 Å². The molecule has 0 aliphatic heterocycles. The van der Waals surface area contributed by atoms with E-state index in [2.05, 4.69) is 28.6 Å². The summed E-state index contributed by atoms with van der Waals surface area (Å²) in [5.74, 6) is 1.58. The summed E-state index contributed by atoms with van der Waals surface area (Å²) in [6, 6.07) is 17.7. The van der Waals surface area contributed by atoms with Gasteiger partial charge in [-0.05, 0) is 43.7 Å². The highest BCUT2D eigenvalue weighted by Gasteiger charge is 2.27. The molecule has 2 aromatic carbocycles. The molecule has 29 heavy (non-hydrogen) atoms. The first-order chi connectivity index (χ1) is 13.9. The summed E-state index contributed by atoms with van der Waals surface area (Å²) < 4.78 is 7.32. The highest BCUT2D eigenvalue weighted by atomic mass is 32.2. The van der Waals surface area contributed by atoms with E-state index in [1.54, 1.807) is 26.1 Å². The molecule has 6 nitrogen and oxygen atoms in total. The number of thioether (sulfide) groups is 1. The summed E-state index contributed by atoms with van der Waals surface area (Å²) in [6.07, 6.45) is 0. The molecule has 0 saturated carbocycles. The summed E-state index contributed by atoms with van der Waals surface area (Å²) in [7, 11) is 5.19. The Hall–Kier alpha value is -2.80. The van der Waals surface area contributed by atoms with Crippen LogP contribution in [0.5, 0.6) is 5.75 Å². The first kappa shape index (κ1) is 20.9. The van der Waals surface area contributed by atoms with E-state index in [9.17, 15) is 4.79 Å². The predicted octanol–water partition coefficient (Wildman–Crippen LogP) is 4.46. The van der Waals surface area contributed by atoms with Crippen LogP contribution in [0.1, 0.15) is 30.7 Å². The Morgan fingerprint density at radius 1 is 1.03 bits per heavy atom. The van der Waals surface area contributed by atoms with E-state index in [0.717, 1.165) is 27.9 Å². The van der Waals surface area contributed by atoms with Gasteiger partial charge in [-0.2, -0.15) is 0 Å². The fraction of sp³-hybridized carbons (Fsp3) is 0.318. The zero-order chi connectivity index (χ0) is 21.0. The molecule has 1 atom stereocenters. The van der Waals surface area contributed by atoms with Crippen molar-refractivity contribution in [3.63, 3.8) is 0 Å². The van der Waals surface area contributed by atoms with Crippen molar-refractivity contribution >= 4 is 17.7 Å². The van der Waals surface area contributed by atoms with E-state index in [1.807, 2.05) is 54.6 Å². The van der Waals surface area contributed by atoms with Crippen molar-refractivity contribution in [2.24, 2.45) is 0 Å². The molecule has 0 fully saturated rings. The number of benzene rings is 2. The summed E-state index contributed by atoms with van der Waals surface area (Å²) >= 11 is 1.43. The van der Waals surface area contributed by atoms with Gasteiger partial charge in [-0.3, -0.25) is 9.36 Å². The zero-order valence-electron chi connectivity index (χ0n) is 17.4. The summed E-state index contributed by atoms with van der Waals surface area (Å²) in [5.41, 5.74) is 1.90. The van der Waals surface area contributed by atoms with Gasteiger partial charge in [0.15, 0.2) is 11.0 Å². The first-order valence-electron chi connectivity index (χ1n) is 9.44. The molecule has 0 bridgehead atoms. The van der Waals surface area contributed by atoms with Gasteiger partial charge >= 0.3 is 0 Å². The molecular formula is C22H26N4O2S.